The Labute approximate surface area is 81.4 Å². The fraction of sp³-hybridized carbons (Fsp3) is 0.444. The number of anilines is 1. The lowest BCUT2D eigenvalue weighted by atomic mass is 10.2. The van der Waals surface area contributed by atoms with Crippen LogP contribution in [-0.2, 0) is 4.79 Å². The predicted octanol–water partition coefficient (Wildman–Crippen LogP) is 2.41. The molecule has 1 heterocycles. The summed E-state index contributed by atoms with van der Waals surface area (Å²) in [7, 11) is 0. The number of aliphatic carboxylic acids is 1. The first-order valence-electron chi connectivity index (χ1n) is 4.28. The molecule has 13 heavy (non-hydrogen) atoms. The molecule has 0 saturated carbocycles. The fourth-order valence-corrected chi connectivity index (χ4v) is 1.64. The van der Waals surface area contributed by atoms with E-state index in [2.05, 4.69) is 5.32 Å². The van der Waals surface area contributed by atoms with Gasteiger partial charge in [-0.3, -0.25) is 4.79 Å². The van der Waals surface area contributed by atoms with Gasteiger partial charge in [0.2, 0.25) is 0 Å². The van der Waals surface area contributed by atoms with E-state index in [0.717, 1.165) is 24.4 Å². The van der Waals surface area contributed by atoms with E-state index in [9.17, 15) is 4.79 Å². The summed E-state index contributed by atoms with van der Waals surface area (Å²) in [6, 6.07) is 4.01. The molecule has 0 saturated heterocycles. The van der Waals surface area contributed by atoms with Gasteiger partial charge < -0.3 is 10.4 Å². The first-order chi connectivity index (χ1) is 6.29. The smallest absolute Gasteiger partial charge is 0.303 e. The zero-order valence-electron chi connectivity index (χ0n) is 7.32. The van der Waals surface area contributed by atoms with Gasteiger partial charge in [-0.15, -0.1) is 11.3 Å². The number of unbranched alkanes of at least 4 members (excludes halogenated alkanes) is 1. The maximum atomic E-state index is 10.2. The Bertz CT molecular complexity index is 246. The first-order valence-corrected chi connectivity index (χ1v) is 5.16. The van der Waals surface area contributed by atoms with Crippen molar-refractivity contribution in [1.82, 2.24) is 0 Å². The standard InChI is InChI=1S/C9H13NO2S/c11-9(12)5-1-2-6-10-8-4-3-7-13-8/h3-4,7,10H,1-2,5-6H2,(H,11,12). The number of carbonyl (C=O) groups is 1. The number of carboxylic acid groups (broad SMARTS) is 1. The summed E-state index contributed by atoms with van der Waals surface area (Å²) >= 11 is 1.66. The molecule has 1 rings (SSSR count). The second-order valence-corrected chi connectivity index (χ2v) is 3.70. The lowest BCUT2D eigenvalue weighted by Crippen LogP contribution is -2.01. The average molecular weight is 199 g/mol. The number of nitrogens with one attached hydrogen (secondary N) is 1. The fourth-order valence-electron chi connectivity index (χ4n) is 0.992. The van der Waals surface area contributed by atoms with Crippen LogP contribution < -0.4 is 5.32 Å². The van der Waals surface area contributed by atoms with Crippen molar-refractivity contribution < 1.29 is 9.90 Å². The van der Waals surface area contributed by atoms with Crippen molar-refractivity contribution in [1.29, 1.82) is 0 Å². The molecule has 4 heteroatoms. The highest BCUT2D eigenvalue weighted by Gasteiger charge is 1.96. The van der Waals surface area contributed by atoms with E-state index in [1.54, 1.807) is 11.3 Å². The van der Waals surface area contributed by atoms with Gasteiger partial charge in [0.05, 0.1) is 5.00 Å². The summed E-state index contributed by atoms with van der Waals surface area (Å²) in [4.78, 5) is 10.2. The van der Waals surface area contributed by atoms with Crippen LogP contribution in [0.4, 0.5) is 5.00 Å². The monoisotopic (exact) mass is 199 g/mol. The van der Waals surface area contributed by atoms with E-state index >= 15 is 0 Å². The van der Waals surface area contributed by atoms with Crippen molar-refractivity contribution in [3.05, 3.63) is 17.5 Å². The minimum absolute atomic E-state index is 0.270. The maximum absolute atomic E-state index is 10.2. The van der Waals surface area contributed by atoms with Crippen LogP contribution in [-0.4, -0.2) is 17.6 Å². The zero-order valence-corrected chi connectivity index (χ0v) is 8.14. The van der Waals surface area contributed by atoms with Gasteiger partial charge in [-0.1, -0.05) is 0 Å². The lowest BCUT2D eigenvalue weighted by Gasteiger charge is -2.01. The molecule has 3 nitrogen and oxygen atoms in total. The predicted molar refractivity (Wildman–Crippen MR) is 54.3 cm³/mol. The molecule has 0 aliphatic heterocycles. The van der Waals surface area contributed by atoms with Gasteiger partial charge in [0.1, 0.15) is 0 Å². The zero-order chi connectivity index (χ0) is 9.52. The highest BCUT2D eigenvalue weighted by Crippen LogP contribution is 2.14. The second kappa shape index (κ2) is 5.59. The van der Waals surface area contributed by atoms with E-state index in [1.165, 1.54) is 0 Å². The van der Waals surface area contributed by atoms with Gasteiger partial charge in [-0.25, -0.2) is 0 Å². The van der Waals surface area contributed by atoms with Crippen molar-refractivity contribution in [3.8, 4) is 0 Å². The topological polar surface area (TPSA) is 49.3 Å². The molecular weight excluding hydrogens is 186 g/mol. The molecule has 72 valence electrons. The molecule has 0 aliphatic rings. The lowest BCUT2D eigenvalue weighted by molar-refractivity contribution is -0.137. The third-order valence-corrected chi connectivity index (χ3v) is 2.47. The van der Waals surface area contributed by atoms with E-state index in [0.29, 0.717) is 0 Å². The van der Waals surface area contributed by atoms with Gasteiger partial charge in [0, 0.05) is 13.0 Å². The van der Waals surface area contributed by atoms with Crippen molar-refractivity contribution in [2.24, 2.45) is 0 Å². The molecule has 0 atom stereocenters. The van der Waals surface area contributed by atoms with Gasteiger partial charge in [-0.05, 0) is 30.4 Å². The van der Waals surface area contributed by atoms with Crippen LogP contribution >= 0.6 is 11.3 Å². The van der Waals surface area contributed by atoms with Crippen molar-refractivity contribution in [2.45, 2.75) is 19.3 Å². The Kier molecular flexibility index (Phi) is 4.32. The summed E-state index contributed by atoms with van der Waals surface area (Å²) in [5, 5.41) is 14.8. The summed E-state index contributed by atoms with van der Waals surface area (Å²) in [5.74, 6) is -0.712. The van der Waals surface area contributed by atoms with Gasteiger partial charge in [0.25, 0.3) is 0 Å². The molecule has 0 radical (unpaired) electrons. The minimum atomic E-state index is -0.712. The highest BCUT2D eigenvalue weighted by molar-refractivity contribution is 7.14. The average Bonchev–Trinajstić information content (AvgIpc) is 2.55. The van der Waals surface area contributed by atoms with Crippen LogP contribution in [0.2, 0.25) is 0 Å². The van der Waals surface area contributed by atoms with E-state index in [-0.39, 0.29) is 6.42 Å². The SMILES string of the molecule is O=C(O)CCCCNc1cccs1. The molecule has 0 bridgehead atoms. The molecule has 0 spiro atoms. The van der Waals surface area contributed by atoms with Crippen LogP contribution in [0.25, 0.3) is 0 Å². The highest BCUT2D eigenvalue weighted by atomic mass is 32.1. The number of rotatable bonds is 6. The van der Waals surface area contributed by atoms with E-state index in [1.807, 2.05) is 17.5 Å². The van der Waals surface area contributed by atoms with Gasteiger partial charge in [0.15, 0.2) is 0 Å². The maximum Gasteiger partial charge on any atom is 0.303 e. The number of carboxylic acids is 1. The molecule has 0 amide bonds. The van der Waals surface area contributed by atoms with Crippen molar-refractivity contribution in [3.63, 3.8) is 0 Å². The molecule has 0 unspecified atom stereocenters. The Morgan fingerprint density at radius 1 is 1.54 bits per heavy atom. The normalized spacial score (nSPS) is 9.85. The quantitative estimate of drug-likeness (QED) is 0.692. The van der Waals surface area contributed by atoms with Crippen LogP contribution in [0, 0.1) is 0 Å². The number of hydrogen-bond acceptors (Lipinski definition) is 3. The van der Waals surface area contributed by atoms with Gasteiger partial charge in [-0.2, -0.15) is 0 Å². The molecule has 1 aromatic rings. The molecule has 0 aromatic carbocycles. The Morgan fingerprint density at radius 2 is 2.38 bits per heavy atom. The molecule has 0 aliphatic carbocycles. The first kappa shape index (κ1) is 10.1. The molecule has 0 fully saturated rings. The van der Waals surface area contributed by atoms with Crippen molar-refractivity contribution >= 4 is 22.3 Å². The van der Waals surface area contributed by atoms with Crippen LogP contribution in [0.15, 0.2) is 17.5 Å². The summed E-state index contributed by atoms with van der Waals surface area (Å²) < 4.78 is 0. The molecule has 1 aromatic heterocycles. The second-order valence-electron chi connectivity index (χ2n) is 2.75. The van der Waals surface area contributed by atoms with Crippen LogP contribution in [0.1, 0.15) is 19.3 Å². The molecule has 2 N–H and O–H groups in total. The summed E-state index contributed by atoms with van der Waals surface area (Å²) in [6.45, 7) is 0.855. The largest absolute Gasteiger partial charge is 0.481 e. The number of thiophene rings is 1. The Hall–Kier alpha value is -1.03. The summed E-state index contributed by atoms with van der Waals surface area (Å²) in [5.41, 5.74) is 0. The van der Waals surface area contributed by atoms with Crippen LogP contribution in [0.3, 0.4) is 0 Å². The van der Waals surface area contributed by atoms with Crippen LogP contribution in [0.5, 0.6) is 0 Å². The Balaban J connectivity index is 1.99. The van der Waals surface area contributed by atoms with E-state index < -0.39 is 5.97 Å². The van der Waals surface area contributed by atoms with E-state index in [4.69, 9.17) is 5.11 Å². The summed E-state index contributed by atoms with van der Waals surface area (Å²) in [6.07, 6.45) is 1.92. The third-order valence-electron chi connectivity index (χ3n) is 1.64. The third kappa shape index (κ3) is 4.52. The van der Waals surface area contributed by atoms with Gasteiger partial charge >= 0.3 is 5.97 Å². The Morgan fingerprint density at radius 3 is 3.00 bits per heavy atom. The molecular formula is C9H13NO2S. The number of hydrogen-bond donors (Lipinski definition) is 2. The minimum Gasteiger partial charge on any atom is -0.481 e. The van der Waals surface area contributed by atoms with Crippen molar-refractivity contribution in [2.75, 3.05) is 11.9 Å².